The lowest BCUT2D eigenvalue weighted by Gasteiger charge is -2.34. The van der Waals surface area contributed by atoms with Crippen molar-refractivity contribution in [2.45, 2.75) is 18.4 Å². The zero-order chi connectivity index (χ0) is 11.7. The van der Waals surface area contributed by atoms with Gasteiger partial charge in [-0.1, -0.05) is 0 Å². The fourth-order valence-electron chi connectivity index (χ4n) is 1.51. The third kappa shape index (κ3) is 2.46. The van der Waals surface area contributed by atoms with E-state index >= 15 is 0 Å². The minimum absolute atomic E-state index is 0.0675. The van der Waals surface area contributed by atoms with Crippen LogP contribution in [-0.4, -0.2) is 54.6 Å². The highest BCUT2D eigenvalue weighted by atomic mass is 32.2. The van der Waals surface area contributed by atoms with Crippen molar-refractivity contribution in [2.75, 3.05) is 20.1 Å². The van der Waals surface area contributed by atoms with Crippen LogP contribution in [0.15, 0.2) is 0 Å². The van der Waals surface area contributed by atoms with Gasteiger partial charge >= 0.3 is 5.97 Å². The molecule has 1 fully saturated rings. The molecule has 1 atom stereocenters. The summed E-state index contributed by atoms with van der Waals surface area (Å²) in [5, 5.41) is 18.4. The summed E-state index contributed by atoms with van der Waals surface area (Å²) in [5.74, 6) is -1.39. The standard InChI is InChI=1S/C7H14N2O5S/c1-8-15(13,14)9-4-2-3-7(12,5-9)6(10)11/h8,12H,2-5H2,1H3,(H,10,11). The summed E-state index contributed by atoms with van der Waals surface area (Å²) in [6.07, 6.45) is 0.391. The maximum Gasteiger partial charge on any atom is 0.337 e. The number of hydrogen-bond acceptors (Lipinski definition) is 4. The van der Waals surface area contributed by atoms with E-state index in [1.807, 2.05) is 0 Å². The molecule has 1 aliphatic heterocycles. The molecule has 1 heterocycles. The lowest BCUT2D eigenvalue weighted by molar-refractivity contribution is -0.162. The zero-order valence-electron chi connectivity index (χ0n) is 8.30. The molecule has 0 aliphatic carbocycles. The Morgan fingerprint density at radius 2 is 2.13 bits per heavy atom. The molecule has 0 aromatic rings. The summed E-state index contributed by atoms with van der Waals surface area (Å²) in [7, 11) is -2.43. The molecule has 8 heteroatoms. The van der Waals surface area contributed by atoms with E-state index in [9.17, 15) is 18.3 Å². The van der Waals surface area contributed by atoms with Gasteiger partial charge in [0.2, 0.25) is 0 Å². The van der Waals surface area contributed by atoms with Gasteiger partial charge in [-0.05, 0) is 12.8 Å². The Bertz CT molecular complexity index is 354. The second-order valence-corrected chi connectivity index (χ2v) is 5.36. The minimum atomic E-state index is -3.67. The summed E-state index contributed by atoms with van der Waals surface area (Å²) >= 11 is 0. The van der Waals surface area contributed by atoms with Gasteiger partial charge in [-0.15, -0.1) is 0 Å². The van der Waals surface area contributed by atoms with Gasteiger partial charge in [0, 0.05) is 13.6 Å². The van der Waals surface area contributed by atoms with Crippen molar-refractivity contribution in [3.8, 4) is 0 Å². The van der Waals surface area contributed by atoms with Crippen LogP contribution < -0.4 is 4.72 Å². The molecule has 7 nitrogen and oxygen atoms in total. The number of carbonyl (C=O) groups is 1. The summed E-state index contributed by atoms with van der Waals surface area (Å²) in [4.78, 5) is 10.7. The van der Waals surface area contributed by atoms with Crippen molar-refractivity contribution >= 4 is 16.2 Å². The van der Waals surface area contributed by atoms with Crippen LogP contribution >= 0.6 is 0 Å². The number of β-amino-alcohol motifs (C(OH)–C–C–N with tert-alkyl or cyclic N) is 1. The number of nitrogens with one attached hydrogen (secondary N) is 1. The van der Waals surface area contributed by atoms with Gasteiger partial charge < -0.3 is 10.2 Å². The van der Waals surface area contributed by atoms with Gasteiger partial charge in [-0.3, -0.25) is 0 Å². The Balaban J connectivity index is 2.86. The number of carboxylic acids is 1. The summed E-state index contributed by atoms with van der Waals surface area (Å²) < 4.78 is 25.8. The molecule has 0 amide bonds. The van der Waals surface area contributed by atoms with Crippen LogP contribution in [-0.2, 0) is 15.0 Å². The van der Waals surface area contributed by atoms with E-state index in [-0.39, 0.29) is 13.0 Å². The van der Waals surface area contributed by atoms with Crippen LogP contribution in [0.25, 0.3) is 0 Å². The first-order valence-corrected chi connectivity index (χ1v) is 5.90. The Labute approximate surface area is 87.9 Å². The molecule has 0 saturated carbocycles. The molecule has 3 N–H and O–H groups in total. The first-order valence-electron chi connectivity index (χ1n) is 4.46. The third-order valence-electron chi connectivity index (χ3n) is 2.43. The van der Waals surface area contributed by atoms with Crippen LogP contribution in [0.3, 0.4) is 0 Å². The average Bonchev–Trinajstić information content (AvgIpc) is 2.18. The minimum Gasteiger partial charge on any atom is -0.479 e. The Morgan fingerprint density at radius 3 is 2.60 bits per heavy atom. The monoisotopic (exact) mass is 238 g/mol. The molecule has 15 heavy (non-hydrogen) atoms. The van der Waals surface area contributed by atoms with E-state index in [0.717, 1.165) is 4.31 Å². The predicted molar refractivity (Wildman–Crippen MR) is 51.4 cm³/mol. The van der Waals surface area contributed by atoms with E-state index in [4.69, 9.17) is 5.11 Å². The van der Waals surface area contributed by atoms with Crippen molar-refractivity contribution in [3.63, 3.8) is 0 Å². The number of piperidine rings is 1. The van der Waals surface area contributed by atoms with Crippen LogP contribution in [0, 0.1) is 0 Å². The van der Waals surface area contributed by atoms with Crippen molar-refractivity contribution in [3.05, 3.63) is 0 Å². The Hall–Kier alpha value is -0.700. The number of aliphatic hydroxyl groups is 1. The van der Waals surface area contributed by atoms with Gasteiger partial charge in [0.25, 0.3) is 10.2 Å². The van der Waals surface area contributed by atoms with Gasteiger partial charge in [-0.25, -0.2) is 9.52 Å². The maximum atomic E-state index is 11.4. The molecule has 0 aromatic carbocycles. The molecule has 0 bridgehead atoms. The lowest BCUT2D eigenvalue weighted by Crippen LogP contribution is -2.56. The molecule has 0 radical (unpaired) electrons. The van der Waals surface area contributed by atoms with E-state index in [0.29, 0.717) is 6.42 Å². The van der Waals surface area contributed by atoms with E-state index in [1.165, 1.54) is 7.05 Å². The molecule has 1 unspecified atom stereocenters. The number of nitrogens with zero attached hydrogens (tertiary/aromatic N) is 1. The first-order chi connectivity index (χ1) is 6.82. The first kappa shape index (κ1) is 12.4. The largest absolute Gasteiger partial charge is 0.479 e. The molecular formula is C7H14N2O5S. The highest BCUT2D eigenvalue weighted by Gasteiger charge is 2.43. The van der Waals surface area contributed by atoms with E-state index in [2.05, 4.69) is 4.72 Å². The maximum absolute atomic E-state index is 11.4. The van der Waals surface area contributed by atoms with Gasteiger partial charge in [0.05, 0.1) is 6.54 Å². The van der Waals surface area contributed by atoms with Crippen molar-refractivity contribution < 1.29 is 23.4 Å². The highest BCUT2D eigenvalue weighted by Crippen LogP contribution is 2.22. The van der Waals surface area contributed by atoms with Crippen LogP contribution in [0.4, 0.5) is 0 Å². The Morgan fingerprint density at radius 1 is 1.53 bits per heavy atom. The number of aliphatic carboxylic acids is 1. The normalized spacial score (nSPS) is 28.9. The Kier molecular flexibility index (Phi) is 3.34. The van der Waals surface area contributed by atoms with Gasteiger partial charge in [0.1, 0.15) is 0 Å². The van der Waals surface area contributed by atoms with Crippen molar-refractivity contribution in [2.24, 2.45) is 0 Å². The lowest BCUT2D eigenvalue weighted by atomic mass is 9.95. The molecule has 1 aliphatic rings. The zero-order valence-corrected chi connectivity index (χ0v) is 9.12. The second kappa shape index (κ2) is 4.05. The van der Waals surface area contributed by atoms with Crippen LogP contribution in [0.2, 0.25) is 0 Å². The fraction of sp³-hybridized carbons (Fsp3) is 0.857. The average molecular weight is 238 g/mol. The van der Waals surface area contributed by atoms with E-state index in [1.54, 1.807) is 0 Å². The molecular weight excluding hydrogens is 224 g/mol. The van der Waals surface area contributed by atoms with Gasteiger partial charge in [0.15, 0.2) is 5.60 Å². The van der Waals surface area contributed by atoms with Crippen LogP contribution in [0.5, 0.6) is 0 Å². The summed E-state index contributed by atoms with van der Waals surface area (Å²) in [6, 6.07) is 0. The summed E-state index contributed by atoms with van der Waals surface area (Å²) in [5.41, 5.74) is -1.97. The molecule has 0 aromatic heterocycles. The van der Waals surface area contributed by atoms with Gasteiger partial charge in [-0.2, -0.15) is 12.7 Å². The molecule has 1 saturated heterocycles. The highest BCUT2D eigenvalue weighted by molar-refractivity contribution is 7.87. The van der Waals surface area contributed by atoms with E-state index < -0.39 is 28.3 Å². The number of rotatable bonds is 3. The van der Waals surface area contributed by atoms with Crippen LogP contribution in [0.1, 0.15) is 12.8 Å². The quantitative estimate of drug-likeness (QED) is 0.547. The topological polar surface area (TPSA) is 107 Å². The number of carboxylic acid groups (broad SMARTS) is 1. The van der Waals surface area contributed by atoms with Crippen molar-refractivity contribution in [1.29, 1.82) is 0 Å². The third-order valence-corrected chi connectivity index (χ3v) is 3.94. The SMILES string of the molecule is CNS(=O)(=O)N1CCCC(O)(C(=O)O)C1. The smallest absolute Gasteiger partial charge is 0.337 e. The molecule has 1 rings (SSSR count). The fourth-order valence-corrected chi connectivity index (χ4v) is 2.52. The molecule has 88 valence electrons. The number of hydrogen-bond donors (Lipinski definition) is 3. The molecule has 0 spiro atoms. The van der Waals surface area contributed by atoms with Crippen molar-refractivity contribution in [1.82, 2.24) is 9.03 Å². The summed E-state index contributed by atoms with van der Waals surface area (Å²) in [6.45, 7) is -0.190. The predicted octanol–water partition coefficient (Wildman–Crippen LogP) is -1.64. The second-order valence-electron chi connectivity index (χ2n) is 3.48.